The van der Waals surface area contributed by atoms with Crippen LogP contribution in [0.2, 0.25) is 0 Å². The highest BCUT2D eigenvalue weighted by Crippen LogP contribution is 2.44. The molecule has 1 heterocycles. The highest BCUT2D eigenvalue weighted by Gasteiger charge is 2.43. The van der Waals surface area contributed by atoms with E-state index in [1.54, 1.807) is 11.4 Å². The van der Waals surface area contributed by atoms with Gasteiger partial charge in [-0.3, -0.25) is 14.9 Å². The molecule has 1 aromatic carbocycles. The molecule has 0 bridgehead atoms. The predicted molar refractivity (Wildman–Crippen MR) is 72.2 cm³/mol. The maximum atomic E-state index is 12.1. The Bertz CT molecular complexity index is 635. The van der Waals surface area contributed by atoms with Crippen molar-refractivity contribution in [1.29, 1.82) is 0 Å². The summed E-state index contributed by atoms with van der Waals surface area (Å²) < 4.78 is 0. The molecule has 19 heavy (non-hydrogen) atoms. The summed E-state index contributed by atoms with van der Waals surface area (Å²) in [5.74, 6) is -0.359. The van der Waals surface area contributed by atoms with Crippen LogP contribution in [0.3, 0.4) is 0 Å². The Morgan fingerprint density at radius 1 is 1.21 bits per heavy atom. The number of Topliss-reactive ketones (excluding diaryl/α,β-unsaturated/α-hetero) is 1. The number of carbonyl (C=O) groups is 1. The highest BCUT2D eigenvalue weighted by atomic mass is 32.1. The van der Waals surface area contributed by atoms with E-state index >= 15 is 0 Å². The van der Waals surface area contributed by atoms with Crippen LogP contribution in [0.4, 0.5) is 0 Å². The zero-order valence-electron chi connectivity index (χ0n) is 9.98. The Morgan fingerprint density at radius 3 is 2.63 bits per heavy atom. The van der Waals surface area contributed by atoms with E-state index in [-0.39, 0.29) is 23.0 Å². The molecule has 2 atom stereocenters. The number of carbonyl (C=O) groups excluding carboxylic acids is 1. The quantitative estimate of drug-likeness (QED) is 0.622. The summed E-state index contributed by atoms with van der Waals surface area (Å²) >= 11 is 1.30. The lowest BCUT2D eigenvalue weighted by Crippen LogP contribution is -2.27. The first-order valence-corrected chi connectivity index (χ1v) is 6.85. The molecule has 5 heteroatoms. The number of nitro groups is 1. The molecular formula is C14H11NO3S. The van der Waals surface area contributed by atoms with Crippen molar-refractivity contribution < 1.29 is 9.72 Å². The Hall–Kier alpha value is -2.01. The third kappa shape index (κ3) is 1.96. The molecule has 2 aromatic rings. The maximum Gasteiger partial charge on any atom is 0.246 e. The van der Waals surface area contributed by atoms with E-state index in [4.69, 9.17) is 0 Å². The molecule has 0 saturated carbocycles. The largest absolute Gasteiger partial charge is 0.293 e. The average molecular weight is 273 g/mol. The standard InChI is InChI=1S/C14H11NO3S/c16-12-8-11(9-4-2-1-3-5-9)13(15(17)18)10-6-7-19-14(10)12/h1-7,11,13H,8H2. The number of rotatable bonds is 2. The minimum Gasteiger partial charge on any atom is -0.293 e. The number of nitrogens with zero attached hydrogens (tertiary/aromatic N) is 1. The van der Waals surface area contributed by atoms with E-state index in [2.05, 4.69) is 0 Å². The Kier molecular flexibility index (Phi) is 2.91. The van der Waals surface area contributed by atoms with Crippen LogP contribution in [0.1, 0.15) is 39.2 Å². The van der Waals surface area contributed by atoms with Crippen molar-refractivity contribution in [2.75, 3.05) is 0 Å². The SMILES string of the molecule is O=C1CC(c2ccccc2)C([N+](=O)[O-])c2ccsc21. The lowest BCUT2D eigenvalue weighted by atomic mass is 9.79. The van der Waals surface area contributed by atoms with Gasteiger partial charge in [0.2, 0.25) is 6.04 Å². The minimum atomic E-state index is -0.818. The number of hydrogen-bond donors (Lipinski definition) is 0. The second-order valence-corrected chi connectivity index (χ2v) is 5.50. The van der Waals surface area contributed by atoms with Crippen molar-refractivity contribution in [1.82, 2.24) is 0 Å². The number of fused-ring (bicyclic) bond motifs is 1. The number of benzene rings is 1. The third-order valence-electron chi connectivity index (χ3n) is 3.51. The molecule has 1 aliphatic rings. The van der Waals surface area contributed by atoms with E-state index in [9.17, 15) is 14.9 Å². The summed E-state index contributed by atoms with van der Waals surface area (Å²) in [4.78, 5) is 23.8. The van der Waals surface area contributed by atoms with Crippen LogP contribution in [-0.4, -0.2) is 10.7 Å². The predicted octanol–water partition coefficient (Wildman–Crippen LogP) is 3.44. The Balaban J connectivity index is 2.11. The molecule has 2 unspecified atom stereocenters. The fourth-order valence-electron chi connectivity index (χ4n) is 2.66. The summed E-state index contributed by atoms with van der Waals surface area (Å²) in [6.45, 7) is 0. The molecule has 0 N–H and O–H groups in total. The van der Waals surface area contributed by atoms with Gasteiger partial charge in [-0.05, 0) is 17.0 Å². The van der Waals surface area contributed by atoms with Gasteiger partial charge in [0.05, 0.1) is 10.8 Å². The van der Waals surface area contributed by atoms with Crippen molar-refractivity contribution >= 4 is 17.1 Å². The molecule has 4 nitrogen and oxygen atoms in total. The smallest absolute Gasteiger partial charge is 0.246 e. The van der Waals surface area contributed by atoms with Crippen LogP contribution in [0.15, 0.2) is 41.8 Å². The van der Waals surface area contributed by atoms with Crippen LogP contribution >= 0.6 is 11.3 Å². The van der Waals surface area contributed by atoms with Crippen molar-refractivity contribution in [2.45, 2.75) is 18.4 Å². The van der Waals surface area contributed by atoms with Gasteiger partial charge in [-0.1, -0.05) is 30.3 Å². The van der Waals surface area contributed by atoms with E-state index in [1.165, 1.54) is 11.3 Å². The van der Waals surface area contributed by atoms with Gasteiger partial charge in [0, 0.05) is 16.9 Å². The molecule has 96 valence electrons. The third-order valence-corrected chi connectivity index (χ3v) is 4.48. The summed E-state index contributed by atoms with van der Waals surface area (Å²) in [5, 5.41) is 13.2. The van der Waals surface area contributed by atoms with Crippen molar-refractivity contribution in [3.05, 3.63) is 67.9 Å². The van der Waals surface area contributed by atoms with Gasteiger partial charge in [-0.15, -0.1) is 11.3 Å². The van der Waals surface area contributed by atoms with Gasteiger partial charge in [0.25, 0.3) is 0 Å². The molecule has 0 spiro atoms. The lowest BCUT2D eigenvalue weighted by Gasteiger charge is -2.25. The van der Waals surface area contributed by atoms with E-state index in [0.717, 1.165) is 5.56 Å². The van der Waals surface area contributed by atoms with Crippen LogP contribution in [0, 0.1) is 10.1 Å². The number of hydrogen-bond acceptors (Lipinski definition) is 4. The second kappa shape index (κ2) is 4.59. The van der Waals surface area contributed by atoms with E-state index in [1.807, 2.05) is 30.3 Å². The van der Waals surface area contributed by atoms with Gasteiger partial charge in [0.1, 0.15) is 0 Å². The van der Waals surface area contributed by atoms with Gasteiger partial charge < -0.3 is 0 Å². The van der Waals surface area contributed by atoms with Crippen LogP contribution in [-0.2, 0) is 0 Å². The normalized spacial score (nSPS) is 22.0. The van der Waals surface area contributed by atoms with Crippen LogP contribution in [0.5, 0.6) is 0 Å². The van der Waals surface area contributed by atoms with Crippen molar-refractivity contribution in [3.8, 4) is 0 Å². The Morgan fingerprint density at radius 2 is 1.95 bits per heavy atom. The van der Waals surface area contributed by atoms with E-state index < -0.39 is 6.04 Å². The Labute approximate surface area is 113 Å². The number of thiophene rings is 1. The lowest BCUT2D eigenvalue weighted by molar-refractivity contribution is -0.533. The molecule has 0 saturated heterocycles. The summed E-state index contributed by atoms with van der Waals surface area (Å²) in [5.41, 5.74) is 1.43. The molecule has 1 aromatic heterocycles. The molecule has 0 fully saturated rings. The van der Waals surface area contributed by atoms with Crippen LogP contribution < -0.4 is 0 Å². The van der Waals surface area contributed by atoms with Crippen molar-refractivity contribution in [2.24, 2.45) is 0 Å². The fourth-order valence-corrected chi connectivity index (χ4v) is 3.55. The first-order chi connectivity index (χ1) is 9.18. The van der Waals surface area contributed by atoms with Gasteiger partial charge >= 0.3 is 0 Å². The molecule has 1 aliphatic carbocycles. The molecule has 0 radical (unpaired) electrons. The maximum absolute atomic E-state index is 12.1. The fraction of sp³-hybridized carbons (Fsp3) is 0.214. The minimum absolute atomic E-state index is 0.0111. The molecule has 0 amide bonds. The molecule has 3 rings (SSSR count). The van der Waals surface area contributed by atoms with Crippen LogP contribution in [0.25, 0.3) is 0 Å². The first-order valence-electron chi connectivity index (χ1n) is 5.97. The molecule has 0 aliphatic heterocycles. The van der Waals surface area contributed by atoms with E-state index in [0.29, 0.717) is 10.4 Å². The highest BCUT2D eigenvalue weighted by molar-refractivity contribution is 7.12. The monoisotopic (exact) mass is 273 g/mol. The van der Waals surface area contributed by atoms with Gasteiger partial charge in [-0.2, -0.15) is 0 Å². The van der Waals surface area contributed by atoms with Crippen molar-refractivity contribution in [3.63, 3.8) is 0 Å². The average Bonchev–Trinajstić information content (AvgIpc) is 2.88. The summed E-state index contributed by atoms with van der Waals surface area (Å²) in [7, 11) is 0. The topological polar surface area (TPSA) is 60.2 Å². The van der Waals surface area contributed by atoms with Gasteiger partial charge in [0.15, 0.2) is 5.78 Å². The summed E-state index contributed by atoms with van der Waals surface area (Å²) in [6, 6.07) is 10.2. The number of ketones is 1. The summed E-state index contributed by atoms with van der Waals surface area (Å²) in [6.07, 6.45) is 0.211. The molecular weight excluding hydrogens is 262 g/mol. The zero-order valence-corrected chi connectivity index (χ0v) is 10.8. The first kappa shape index (κ1) is 12.0. The zero-order chi connectivity index (χ0) is 13.4. The van der Waals surface area contributed by atoms with Gasteiger partial charge in [-0.25, -0.2) is 0 Å². The second-order valence-electron chi connectivity index (χ2n) is 4.58.